The summed E-state index contributed by atoms with van der Waals surface area (Å²) in [6.07, 6.45) is 5.16. The van der Waals surface area contributed by atoms with Crippen LogP contribution in [0.1, 0.15) is 85.0 Å². The number of hydrogen-bond acceptors (Lipinski definition) is 4. The predicted octanol–water partition coefficient (Wildman–Crippen LogP) is 3.82. The average molecular weight is 391 g/mol. The number of carbonyl (C=O) groups is 3. The number of Topliss-reactive ketones (excluding diaryl/α,β-unsaturated/α-hetero) is 1. The molecule has 0 radical (unpaired) electrons. The molecule has 0 aliphatic heterocycles. The van der Waals surface area contributed by atoms with Crippen molar-refractivity contribution in [2.24, 2.45) is 13.0 Å². The van der Waals surface area contributed by atoms with E-state index in [1.54, 1.807) is 30.4 Å². The van der Waals surface area contributed by atoms with E-state index in [0.717, 1.165) is 31.4 Å². The van der Waals surface area contributed by atoms with Crippen molar-refractivity contribution in [1.82, 2.24) is 9.47 Å². The summed E-state index contributed by atoms with van der Waals surface area (Å²) in [6.45, 7) is 9.57. The molecule has 0 N–H and O–H groups in total. The molecule has 0 spiro atoms. The number of carbonyl (C=O) groups excluding carboxylic acids is 3. The molecule has 0 atom stereocenters. The summed E-state index contributed by atoms with van der Waals surface area (Å²) in [4.78, 5) is 40.2. The lowest BCUT2D eigenvalue weighted by molar-refractivity contribution is -0.137. The Morgan fingerprint density at radius 2 is 1.75 bits per heavy atom. The highest BCUT2D eigenvalue weighted by atomic mass is 16.5. The molecule has 28 heavy (non-hydrogen) atoms. The SMILES string of the molecule is CCOC(=O)c1c(C)c(C(=O)CN(C(=O)C2CCCCC2)C(C)C)c(C)n1C. The molecule has 1 aromatic rings. The maximum atomic E-state index is 13.2. The lowest BCUT2D eigenvalue weighted by Gasteiger charge is -2.31. The average Bonchev–Trinajstić information content (AvgIpc) is 2.88. The van der Waals surface area contributed by atoms with Crippen molar-refractivity contribution < 1.29 is 19.1 Å². The lowest BCUT2D eigenvalue weighted by atomic mass is 9.88. The Bertz CT molecular complexity index is 742. The Morgan fingerprint density at radius 1 is 1.14 bits per heavy atom. The van der Waals surface area contributed by atoms with Crippen molar-refractivity contribution >= 4 is 17.7 Å². The van der Waals surface area contributed by atoms with Crippen molar-refractivity contribution in [2.75, 3.05) is 13.2 Å². The molecule has 1 aliphatic rings. The van der Waals surface area contributed by atoms with Crippen molar-refractivity contribution in [3.05, 3.63) is 22.5 Å². The van der Waals surface area contributed by atoms with E-state index in [4.69, 9.17) is 4.74 Å². The molecule has 0 bridgehead atoms. The molecule has 6 nitrogen and oxygen atoms in total. The van der Waals surface area contributed by atoms with E-state index >= 15 is 0 Å². The van der Waals surface area contributed by atoms with Gasteiger partial charge in [0.1, 0.15) is 5.69 Å². The fourth-order valence-corrected chi connectivity index (χ4v) is 4.21. The number of ketones is 1. The van der Waals surface area contributed by atoms with E-state index in [1.807, 2.05) is 20.8 Å². The number of ether oxygens (including phenoxy) is 1. The minimum atomic E-state index is -0.427. The fraction of sp³-hybridized carbons (Fsp3) is 0.682. The number of rotatable bonds is 7. The van der Waals surface area contributed by atoms with Gasteiger partial charge in [-0.05, 0) is 53.0 Å². The molecule has 6 heteroatoms. The van der Waals surface area contributed by atoms with Crippen LogP contribution in [0.4, 0.5) is 0 Å². The van der Waals surface area contributed by atoms with Crippen LogP contribution in [0.2, 0.25) is 0 Å². The second-order valence-corrected chi connectivity index (χ2v) is 8.03. The normalized spacial score (nSPS) is 15.0. The molecule has 0 saturated heterocycles. The van der Waals surface area contributed by atoms with E-state index in [-0.39, 0.29) is 36.8 Å². The molecule has 1 heterocycles. The molecule has 156 valence electrons. The zero-order chi connectivity index (χ0) is 21.0. The third-order valence-electron chi connectivity index (χ3n) is 5.85. The zero-order valence-electron chi connectivity index (χ0n) is 18.1. The standard InChI is InChI=1S/C22H34N2O4/c1-7-28-22(27)20-15(4)19(16(5)23(20)6)18(25)13-24(14(2)3)21(26)17-11-9-8-10-12-17/h14,17H,7-13H2,1-6H3. The maximum Gasteiger partial charge on any atom is 0.355 e. The summed E-state index contributed by atoms with van der Waals surface area (Å²) < 4.78 is 6.85. The molecule has 1 amide bonds. The number of esters is 1. The van der Waals surface area contributed by atoms with Crippen molar-refractivity contribution in [3.63, 3.8) is 0 Å². The van der Waals surface area contributed by atoms with E-state index < -0.39 is 5.97 Å². The Kier molecular flexibility index (Phi) is 7.44. The highest BCUT2D eigenvalue weighted by Crippen LogP contribution is 2.27. The third-order valence-corrected chi connectivity index (χ3v) is 5.85. The van der Waals surface area contributed by atoms with Crippen LogP contribution in [-0.4, -0.2) is 46.3 Å². The molecule has 1 fully saturated rings. The predicted molar refractivity (Wildman–Crippen MR) is 109 cm³/mol. The molecule has 1 aromatic heterocycles. The fourth-order valence-electron chi connectivity index (χ4n) is 4.21. The second-order valence-electron chi connectivity index (χ2n) is 8.03. The molecule has 2 rings (SSSR count). The molecule has 0 aromatic carbocycles. The largest absolute Gasteiger partial charge is 0.461 e. The molecule has 0 unspecified atom stereocenters. The molecule has 1 aliphatic carbocycles. The minimum absolute atomic E-state index is 0.0250. The van der Waals surface area contributed by atoms with Crippen LogP contribution < -0.4 is 0 Å². The van der Waals surface area contributed by atoms with Crippen LogP contribution >= 0.6 is 0 Å². The van der Waals surface area contributed by atoms with Gasteiger partial charge in [0.2, 0.25) is 5.91 Å². The smallest absolute Gasteiger partial charge is 0.355 e. The van der Waals surface area contributed by atoms with Gasteiger partial charge in [0, 0.05) is 30.3 Å². The monoisotopic (exact) mass is 390 g/mol. The van der Waals surface area contributed by atoms with Crippen LogP contribution in [-0.2, 0) is 16.6 Å². The van der Waals surface area contributed by atoms with Crippen molar-refractivity contribution in [2.45, 2.75) is 72.8 Å². The van der Waals surface area contributed by atoms with Gasteiger partial charge >= 0.3 is 5.97 Å². The van der Waals surface area contributed by atoms with Gasteiger partial charge in [-0.1, -0.05) is 19.3 Å². The number of amides is 1. The summed E-state index contributed by atoms with van der Waals surface area (Å²) in [5.74, 6) is -0.445. The highest BCUT2D eigenvalue weighted by Gasteiger charge is 2.31. The first kappa shape index (κ1) is 22.2. The van der Waals surface area contributed by atoms with Crippen LogP contribution in [0.15, 0.2) is 0 Å². The highest BCUT2D eigenvalue weighted by molar-refractivity contribution is 6.04. The Hall–Kier alpha value is -2.11. The Balaban J connectivity index is 2.27. The lowest BCUT2D eigenvalue weighted by Crippen LogP contribution is -2.44. The number of nitrogens with zero attached hydrogens (tertiary/aromatic N) is 2. The summed E-state index contributed by atoms with van der Waals surface area (Å²) in [5.41, 5.74) is 2.27. The number of hydrogen-bond donors (Lipinski definition) is 0. The van der Waals surface area contributed by atoms with Gasteiger partial charge < -0.3 is 14.2 Å². The Morgan fingerprint density at radius 3 is 2.29 bits per heavy atom. The van der Waals surface area contributed by atoms with E-state index in [0.29, 0.717) is 16.8 Å². The van der Waals surface area contributed by atoms with E-state index in [2.05, 4.69) is 0 Å². The molecular formula is C22H34N2O4. The van der Waals surface area contributed by atoms with Gasteiger partial charge in [-0.3, -0.25) is 9.59 Å². The van der Waals surface area contributed by atoms with Gasteiger partial charge in [0.05, 0.1) is 13.2 Å². The molecular weight excluding hydrogens is 356 g/mol. The van der Waals surface area contributed by atoms with Crippen LogP contribution in [0, 0.1) is 19.8 Å². The van der Waals surface area contributed by atoms with Crippen molar-refractivity contribution in [1.29, 1.82) is 0 Å². The van der Waals surface area contributed by atoms with Crippen molar-refractivity contribution in [3.8, 4) is 0 Å². The second kappa shape index (κ2) is 9.39. The van der Waals surface area contributed by atoms with E-state index in [9.17, 15) is 14.4 Å². The molecule has 1 saturated carbocycles. The van der Waals surface area contributed by atoms with Crippen LogP contribution in [0.3, 0.4) is 0 Å². The topological polar surface area (TPSA) is 68.6 Å². The summed E-state index contributed by atoms with van der Waals surface area (Å²) >= 11 is 0. The zero-order valence-corrected chi connectivity index (χ0v) is 18.1. The van der Waals surface area contributed by atoms with Gasteiger partial charge in [0.25, 0.3) is 0 Å². The quantitative estimate of drug-likeness (QED) is 0.524. The van der Waals surface area contributed by atoms with Gasteiger partial charge in [-0.2, -0.15) is 0 Å². The van der Waals surface area contributed by atoms with Crippen LogP contribution in [0.25, 0.3) is 0 Å². The first-order valence-electron chi connectivity index (χ1n) is 10.4. The summed E-state index contributed by atoms with van der Waals surface area (Å²) in [5, 5.41) is 0. The Labute approximate surface area is 168 Å². The van der Waals surface area contributed by atoms with Gasteiger partial charge in [0.15, 0.2) is 5.78 Å². The van der Waals surface area contributed by atoms with Crippen LogP contribution in [0.5, 0.6) is 0 Å². The third kappa shape index (κ3) is 4.47. The summed E-state index contributed by atoms with van der Waals surface area (Å²) in [7, 11) is 1.76. The first-order valence-corrected chi connectivity index (χ1v) is 10.4. The van der Waals surface area contributed by atoms with E-state index in [1.165, 1.54) is 6.42 Å². The maximum absolute atomic E-state index is 13.2. The van der Waals surface area contributed by atoms with Gasteiger partial charge in [-0.25, -0.2) is 4.79 Å². The van der Waals surface area contributed by atoms with Gasteiger partial charge in [-0.15, -0.1) is 0 Å². The summed E-state index contributed by atoms with van der Waals surface area (Å²) in [6, 6.07) is -0.0489. The first-order chi connectivity index (χ1) is 13.2. The number of aromatic nitrogens is 1. The minimum Gasteiger partial charge on any atom is -0.461 e.